The molecule has 0 saturated heterocycles. The zero-order valence-corrected chi connectivity index (χ0v) is 47.9. The third-order valence-corrected chi connectivity index (χ3v) is 20.4. The first-order valence-electron chi connectivity index (χ1n) is 26.9. The van der Waals surface area contributed by atoms with E-state index in [-0.39, 0.29) is 19.6 Å². The number of nitrogens with zero attached hydrogens (tertiary/aromatic N) is 1. The van der Waals surface area contributed by atoms with Crippen LogP contribution in [0, 0.1) is 5.82 Å². The Morgan fingerprint density at radius 1 is 0.301 bits per heavy atom. The highest BCUT2D eigenvalue weighted by molar-refractivity contribution is 7.91. The third-order valence-electron chi connectivity index (χ3n) is 14.4. The first-order chi connectivity index (χ1) is 40.6. The number of benzene rings is 12. The molecule has 5 nitrogen and oxygen atoms in total. The van der Waals surface area contributed by atoms with Gasteiger partial charge in [0.15, 0.2) is 0 Å². The normalized spacial score (nSPS) is 11.4. The van der Waals surface area contributed by atoms with E-state index in [2.05, 4.69) is 132 Å². The number of hydrogen-bond donors (Lipinski definition) is 0. The van der Waals surface area contributed by atoms with E-state index in [1.165, 1.54) is 63.6 Å². The fraction of sp³-hybridized carbons (Fsp3) is 0.0137. The summed E-state index contributed by atoms with van der Waals surface area (Å²) in [6.07, 6.45) is 1.03. The minimum Gasteiger partial charge on any atom is -0.311 e. The molecule has 2 aromatic heterocycles. The summed E-state index contributed by atoms with van der Waals surface area (Å²) in [5, 5.41) is 4.89. The van der Waals surface area contributed by atoms with Crippen molar-refractivity contribution in [3.63, 3.8) is 0 Å². The standard InChI is InChI=1S/C36H25NO2S2.C24H15FO2S2.C13H12/c38-41(39,31-24-20-29(21-25-31)37(27-10-3-1-4-11-27)28-12-5-2-6-13-28)30-22-18-26(19-23-30)32-15-9-16-34-33-14-7-8-17-35(33)40-36(32)34;25-17-10-14-19(15-11-17)29(26,27)18-12-8-16(9-13-18)20-5-3-6-22-21-4-1-2-7-23(21)28-24(20)22;1-3-7-12(8-4-1)11-13-9-5-2-6-10-13/h1-25H;1-15H;1-10H,11H2. The fourth-order valence-electron chi connectivity index (χ4n) is 10.3. The lowest BCUT2D eigenvalue weighted by molar-refractivity contribution is 0.593. The Morgan fingerprint density at radius 3 is 1.01 bits per heavy atom. The van der Waals surface area contributed by atoms with Gasteiger partial charge in [-0.05, 0) is 149 Å². The lowest BCUT2D eigenvalue weighted by atomic mass is 10.0. The van der Waals surface area contributed by atoms with Crippen LogP contribution >= 0.6 is 22.7 Å². The Balaban J connectivity index is 0.000000140. The Labute approximate surface area is 491 Å². The van der Waals surface area contributed by atoms with E-state index in [0.29, 0.717) is 0 Å². The SMILES string of the molecule is O=S(=O)(c1ccc(-c2cccc3c2sc2ccccc23)cc1)c1ccc(N(c2ccccc2)c2ccccc2)cc1.O=S(=O)(c1ccc(F)cc1)c1ccc(-c2cccc3c2sc2ccccc23)cc1.c1ccc(Cc2ccccc2)cc1. The van der Waals surface area contributed by atoms with Crippen molar-refractivity contribution in [3.05, 3.63) is 320 Å². The summed E-state index contributed by atoms with van der Waals surface area (Å²) >= 11 is 3.51. The quantitative estimate of drug-likeness (QED) is 0.121. The molecular weight excluding hydrogens is 1100 g/mol. The molecule has 2 heterocycles. The molecule has 0 bridgehead atoms. The van der Waals surface area contributed by atoms with Crippen LogP contribution < -0.4 is 4.90 Å². The molecule has 12 aromatic carbocycles. The lowest BCUT2D eigenvalue weighted by Gasteiger charge is -2.25. The van der Waals surface area contributed by atoms with Crippen LogP contribution in [0.15, 0.2) is 323 Å². The summed E-state index contributed by atoms with van der Waals surface area (Å²) in [6, 6.07) is 96.5. The zero-order chi connectivity index (χ0) is 56.8. The molecule has 0 N–H and O–H groups in total. The van der Waals surface area contributed by atoms with Crippen LogP contribution in [0.1, 0.15) is 11.1 Å². The summed E-state index contributed by atoms with van der Waals surface area (Å²) in [5.41, 5.74) is 9.76. The average Bonchev–Trinajstić information content (AvgIpc) is 4.34. The van der Waals surface area contributed by atoms with E-state index >= 15 is 0 Å². The molecule has 0 aliphatic heterocycles. The zero-order valence-electron chi connectivity index (χ0n) is 44.7. The van der Waals surface area contributed by atoms with Crippen molar-refractivity contribution < 1.29 is 21.2 Å². The second kappa shape index (κ2) is 24.0. The largest absolute Gasteiger partial charge is 0.311 e. The summed E-state index contributed by atoms with van der Waals surface area (Å²) in [4.78, 5) is 2.93. The topological polar surface area (TPSA) is 71.5 Å². The van der Waals surface area contributed by atoms with Gasteiger partial charge in [0.25, 0.3) is 0 Å². The van der Waals surface area contributed by atoms with Gasteiger partial charge >= 0.3 is 0 Å². The highest BCUT2D eigenvalue weighted by atomic mass is 32.2. The van der Waals surface area contributed by atoms with Crippen molar-refractivity contribution in [1.82, 2.24) is 0 Å². The molecular formula is C73H52FNO4S4. The minimum atomic E-state index is -3.69. The van der Waals surface area contributed by atoms with Gasteiger partial charge in [-0.3, -0.25) is 0 Å². The third kappa shape index (κ3) is 11.6. The van der Waals surface area contributed by atoms with Crippen molar-refractivity contribution in [3.8, 4) is 22.3 Å². The maximum absolute atomic E-state index is 13.6. The van der Waals surface area contributed by atoms with Crippen molar-refractivity contribution >= 4 is 99.8 Å². The van der Waals surface area contributed by atoms with Crippen molar-refractivity contribution in [1.29, 1.82) is 0 Å². The smallest absolute Gasteiger partial charge is 0.206 e. The molecule has 404 valence electrons. The predicted molar refractivity (Wildman–Crippen MR) is 344 cm³/mol. The predicted octanol–water partition coefficient (Wildman–Crippen LogP) is 20.0. The maximum Gasteiger partial charge on any atom is 0.206 e. The number of rotatable bonds is 11. The summed E-state index contributed by atoms with van der Waals surface area (Å²) in [6.45, 7) is 0. The van der Waals surface area contributed by atoms with Gasteiger partial charge in [-0.2, -0.15) is 0 Å². The van der Waals surface area contributed by atoms with E-state index in [1.54, 1.807) is 59.1 Å². The van der Waals surface area contributed by atoms with E-state index in [4.69, 9.17) is 0 Å². The van der Waals surface area contributed by atoms with Crippen LogP contribution in [0.5, 0.6) is 0 Å². The second-order valence-corrected chi connectivity index (χ2v) is 25.7. The lowest BCUT2D eigenvalue weighted by Crippen LogP contribution is -2.10. The van der Waals surface area contributed by atoms with E-state index < -0.39 is 25.5 Å². The number of sulfone groups is 2. The summed E-state index contributed by atoms with van der Waals surface area (Å²) in [7, 11) is -7.37. The average molecular weight is 1150 g/mol. The fourth-order valence-corrected chi connectivity index (χ4v) is 15.3. The molecule has 0 aliphatic carbocycles. The first kappa shape index (κ1) is 54.3. The van der Waals surface area contributed by atoms with Crippen molar-refractivity contribution in [2.24, 2.45) is 0 Å². The molecule has 14 aromatic rings. The Kier molecular flexibility index (Phi) is 15.7. The van der Waals surface area contributed by atoms with Gasteiger partial charge in [0.1, 0.15) is 5.82 Å². The number of thiophene rings is 2. The van der Waals surface area contributed by atoms with Crippen LogP contribution in [0.4, 0.5) is 21.5 Å². The number of halogens is 1. The van der Waals surface area contributed by atoms with Crippen molar-refractivity contribution in [2.75, 3.05) is 4.90 Å². The first-order valence-corrected chi connectivity index (χ1v) is 31.5. The molecule has 10 heteroatoms. The molecule has 0 aliphatic rings. The highest BCUT2D eigenvalue weighted by Crippen LogP contribution is 2.42. The Hall–Kier alpha value is -9.29. The summed E-state index contributed by atoms with van der Waals surface area (Å²) in [5.74, 6) is -0.462. The van der Waals surface area contributed by atoms with Gasteiger partial charge < -0.3 is 4.90 Å². The van der Waals surface area contributed by atoms with Gasteiger partial charge in [0.2, 0.25) is 19.7 Å². The monoisotopic (exact) mass is 1150 g/mol. The molecule has 0 spiro atoms. The molecule has 0 fully saturated rings. The summed E-state index contributed by atoms with van der Waals surface area (Å²) < 4.78 is 70.8. The minimum absolute atomic E-state index is 0.0817. The molecule has 14 rings (SSSR count). The number of para-hydroxylation sites is 2. The maximum atomic E-state index is 13.6. The second-order valence-electron chi connectivity index (χ2n) is 19.7. The van der Waals surface area contributed by atoms with E-state index in [1.807, 2.05) is 115 Å². The molecule has 0 unspecified atom stereocenters. The number of anilines is 3. The van der Waals surface area contributed by atoms with E-state index in [0.717, 1.165) is 57.9 Å². The molecule has 0 radical (unpaired) electrons. The molecule has 0 atom stereocenters. The highest BCUT2D eigenvalue weighted by Gasteiger charge is 2.21. The van der Waals surface area contributed by atoms with E-state index in [9.17, 15) is 21.2 Å². The van der Waals surface area contributed by atoms with Crippen LogP contribution in [0.2, 0.25) is 0 Å². The van der Waals surface area contributed by atoms with Gasteiger partial charge in [0.05, 0.1) is 19.6 Å². The van der Waals surface area contributed by atoms with Gasteiger partial charge in [-0.25, -0.2) is 21.2 Å². The number of hydrogen-bond acceptors (Lipinski definition) is 7. The van der Waals surface area contributed by atoms with Crippen LogP contribution in [-0.4, -0.2) is 16.8 Å². The van der Waals surface area contributed by atoms with Crippen LogP contribution in [0.25, 0.3) is 62.6 Å². The number of fused-ring (bicyclic) bond motifs is 6. The Morgan fingerprint density at radius 2 is 0.614 bits per heavy atom. The Bertz CT molecular complexity index is 4670. The molecule has 0 amide bonds. The molecule has 0 saturated carbocycles. The van der Waals surface area contributed by atoms with Gasteiger partial charge in [0, 0.05) is 57.4 Å². The van der Waals surface area contributed by atoms with Gasteiger partial charge in [-0.1, -0.05) is 194 Å². The van der Waals surface area contributed by atoms with Crippen LogP contribution in [0.3, 0.4) is 0 Å². The van der Waals surface area contributed by atoms with Crippen LogP contribution in [-0.2, 0) is 26.1 Å². The van der Waals surface area contributed by atoms with Gasteiger partial charge in [-0.15, -0.1) is 22.7 Å². The molecule has 83 heavy (non-hydrogen) atoms. The van der Waals surface area contributed by atoms with Crippen molar-refractivity contribution in [2.45, 2.75) is 26.0 Å².